The lowest BCUT2D eigenvalue weighted by Gasteiger charge is -2.22. The van der Waals surface area contributed by atoms with E-state index in [1.165, 1.54) is 12.1 Å². The number of hydrogen-bond acceptors (Lipinski definition) is 4. The van der Waals surface area contributed by atoms with Crippen molar-refractivity contribution >= 4 is 5.91 Å². The molecule has 0 aliphatic heterocycles. The van der Waals surface area contributed by atoms with Crippen LogP contribution in [0, 0.1) is 17.1 Å². The number of hydrogen-bond donors (Lipinski definition) is 1. The first-order valence-corrected chi connectivity index (χ1v) is 9.91. The van der Waals surface area contributed by atoms with Crippen molar-refractivity contribution in [1.29, 1.82) is 5.26 Å². The summed E-state index contributed by atoms with van der Waals surface area (Å²) in [5.41, 5.74) is 3.31. The molecule has 5 nitrogen and oxygen atoms in total. The molecular weight excluding hydrogens is 393 g/mol. The van der Waals surface area contributed by atoms with Crippen LogP contribution in [0.15, 0.2) is 72.8 Å². The van der Waals surface area contributed by atoms with E-state index in [2.05, 4.69) is 11.4 Å². The number of nitriles is 1. The summed E-state index contributed by atoms with van der Waals surface area (Å²) in [6.45, 7) is 1.49. The Balaban J connectivity index is 1.65. The molecule has 3 aromatic rings. The van der Waals surface area contributed by atoms with Crippen molar-refractivity contribution in [1.82, 2.24) is 10.2 Å². The number of halogens is 1. The smallest absolute Gasteiger partial charge is 0.234 e. The molecule has 0 saturated carbocycles. The summed E-state index contributed by atoms with van der Waals surface area (Å²) >= 11 is 0. The Morgan fingerprint density at radius 3 is 2.32 bits per heavy atom. The third-order valence-electron chi connectivity index (χ3n) is 4.80. The highest BCUT2D eigenvalue weighted by Crippen LogP contribution is 2.13. The average Bonchev–Trinajstić information content (AvgIpc) is 2.78. The zero-order valence-corrected chi connectivity index (χ0v) is 17.3. The molecule has 0 spiro atoms. The van der Waals surface area contributed by atoms with E-state index >= 15 is 0 Å². The monoisotopic (exact) mass is 417 g/mol. The lowest BCUT2D eigenvalue weighted by Crippen LogP contribution is -2.36. The molecule has 6 heteroatoms. The SMILES string of the molecule is COc1ccc(CNC(=O)CN(Cc2ccc(C#N)cc2)Cc2cccc(F)c2)cc1. The minimum atomic E-state index is -0.306. The Morgan fingerprint density at radius 2 is 1.68 bits per heavy atom. The van der Waals surface area contributed by atoms with Crippen LogP contribution in [0.3, 0.4) is 0 Å². The van der Waals surface area contributed by atoms with Crippen molar-refractivity contribution in [3.63, 3.8) is 0 Å². The molecule has 0 aliphatic rings. The topological polar surface area (TPSA) is 65.4 Å². The minimum absolute atomic E-state index is 0.124. The Morgan fingerprint density at radius 1 is 1.00 bits per heavy atom. The maximum absolute atomic E-state index is 13.6. The molecule has 0 saturated heterocycles. The fourth-order valence-corrected chi connectivity index (χ4v) is 3.21. The van der Waals surface area contributed by atoms with Crippen LogP contribution in [0.2, 0.25) is 0 Å². The lowest BCUT2D eigenvalue weighted by atomic mass is 10.1. The summed E-state index contributed by atoms with van der Waals surface area (Å²) in [7, 11) is 1.61. The molecule has 1 N–H and O–H groups in total. The largest absolute Gasteiger partial charge is 0.497 e. The first kappa shape index (κ1) is 22.0. The molecule has 0 radical (unpaired) electrons. The van der Waals surface area contributed by atoms with Gasteiger partial charge in [-0.05, 0) is 53.1 Å². The van der Waals surface area contributed by atoms with Crippen molar-refractivity contribution in [3.05, 3.63) is 101 Å². The second-order valence-electron chi connectivity index (χ2n) is 7.21. The predicted octanol–water partition coefficient (Wildman–Crippen LogP) is 4.02. The van der Waals surface area contributed by atoms with E-state index in [-0.39, 0.29) is 18.3 Å². The molecule has 0 heterocycles. The fraction of sp³-hybridized carbons (Fsp3) is 0.200. The number of ether oxygens (including phenoxy) is 1. The number of amides is 1. The number of rotatable bonds is 9. The normalized spacial score (nSPS) is 10.5. The van der Waals surface area contributed by atoms with Gasteiger partial charge in [-0.2, -0.15) is 5.26 Å². The number of benzene rings is 3. The maximum Gasteiger partial charge on any atom is 0.234 e. The summed E-state index contributed by atoms with van der Waals surface area (Å²) in [5.74, 6) is 0.333. The molecule has 0 bridgehead atoms. The van der Waals surface area contributed by atoms with Crippen LogP contribution >= 0.6 is 0 Å². The second-order valence-corrected chi connectivity index (χ2v) is 7.21. The molecule has 158 valence electrons. The zero-order chi connectivity index (χ0) is 22.1. The van der Waals surface area contributed by atoms with E-state index in [1.807, 2.05) is 47.4 Å². The highest BCUT2D eigenvalue weighted by Gasteiger charge is 2.13. The van der Waals surface area contributed by atoms with E-state index in [0.29, 0.717) is 25.2 Å². The Kier molecular flexibility index (Phi) is 7.74. The first-order chi connectivity index (χ1) is 15.1. The summed E-state index contributed by atoms with van der Waals surface area (Å²) in [6.07, 6.45) is 0. The van der Waals surface area contributed by atoms with E-state index in [9.17, 15) is 9.18 Å². The van der Waals surface area contributed by atoms with Crippen LogP contribution in [-0.4, -0.2) is 24.5 Å². The molecule has 1 amide bonds. The predicted molar refractivity (Wildman–Crippen MR) is 117 cm³/mol. The van der Waals surface area contributed by atoms with Crippen LogP contribution < -0.4 is 10.1 Å². The zero-order valence-electron chi connectivity index (χ0n) is 17.3. The lowest BCUT2D eigenvalue weighted by molar-refractivity contribution is -0.122. The Bertz CT molecular complexity index is 1040. The average molecular weight is 417 g/mol. The van der Waals surface area contributed by atoms with Crippen LogP contribution in [0.25, 0.3) is 0 Å². The fourth-order valence-electron chi connectivity index (χ4n) is 3.21. The van der Waals surface area contributed by atoms with Gasteiger partial charge in [0.1, 0.15) is 11.6 Å². The number of carbonyl (C=O) groups excluding carboxylic acids is 1. The van der Waals surface area contributed by atoms with E-state index in [0.717, 1.165) is 22.4 Å². The number of carbonyl (C=O) groups is 1. The molecular formula is C25H24FN3O2. The third-order valence-corrected chi connectivity index (χ3v) is 4.80. The van der Waals surface area contributed by atoms with Crippen molar-refractivity contribution in [2.75, 3.05) is 13.7 Å². The van der Waals surface area contributed by atoms with Crippen molar-refractivity contribution < 1.29 is 13.9 Å². The highest BCUT2D eigenvalue weighted by atomic mass is 19.1. The van der Waals surface area contributed by atoms with Crippen LogP contribution in [-0.2, 0) is 24.4 Å². The van der Waals surface area contributed by atoms with Crippen LogP contribution in [0.1, 0.15) is 22.3 Å². The molecule has 0 fully saturated rings. The molecule has 3 rings (SSSR count). The maximum atomic E-state index is 13.6. The molecule has 0 aromatic heterocycles. The van der Waals surface area contributed by atoms with Gasteiger partial charge in [0.15, 0.2) is 0 Å². The molecule has 0 atom stereocenters. The number of methoxy groups -OCH3 is 1. The van der Waals surface area contributed by atoms with Gasteiger partial charge in [0, 0.05) is 19.6 Å². The van der Waals surface area contributed by atoms with E-state index in [4.69, 9.17) is 10.00 Å². The van der Waals surface area contributed by atoms with Gasteiger partial charge in [-0.15, -0.1) is 0 Å². The van der Waals surface area contributed by atoms with Crippen LogP contribution in [0.4, 0.5) is 4.39 Å². The van der Waals surface area contributed by atoms with E-state index < -0.39 is 0 Å². The van der Waals surface area contributed by atoms with Gasteiger partial charge in [0.2, 0.25) is 5.91 Å². The van der Waals surface area contributed by atoms with Gasteiger partial charge in [-0.1, -0.05) is 36.4 Å². The van der Waals surface area contributed by atoms with Gasteiger partial charge in [0.05, 0.1) is 25.3 Å². The summed E-state index contributed by atoms with van der Waals surface area (Å²) in [4.78, 5) is 14.5. The Labute approximate surface area is 181 Å². The molecule has 0 aliphatic carbocycles. The highest BCUT2D eigenvalue weighted by molar-refractivity contribution is 5.78. The van der Waals surface area contributed by atoms with Gasteiger partial charge in [-0.25, -0.2) is 4.39 Å². The quantitative estimate of drug-likeness (QED) is 0.571. The Hall–Kier alpha value is -3.69. The number of nitrogens with one attached hydrogen (secondary N) is 1. The first-order valence-electron chi connectivity index (χ1n) is 9.91. The summed E-state index contributed by atoms with van der Waals surface area (Å²) in [6, 6.07) is 23.2. The van der Waals surface area contributed by atoms with Crippen molar-refractivity contribution in [2.45, 2.75) is 19.6 Å². The molecule has 3 aromatic carbocycles. The second kappa shape index (κ2) is 10.9. The van der Waals surface area contributed by atoms with Crippen molar-refractivity contribution in [2.24, 2.45) is 0 Å². The summed E-state index contributed by atoms with van der Waals surface area (Å²) < 4.78 is 18.8. The third kappa shape index (κ3) is 6.95. The van der Waals surface area contributed by atoms with E-state index in [1.54, 1.807) is 25.3 Å². The van der Waals surface area contributed by atoms with Crippen LogP contribution in [0.5, 0.6) is 5.75 Å². The van der Waals surface area contributed by atoms with Gasteiger partial charge in [-0.3, -0.25) is 9.69 Å². The minimum Gasteiger partial charge on any atom is -0.497 e. The number of nitrogens with zero attached hydrogens (tertiary/aromatic N) is 2. The standard InChI is InChI=1S/C25H24FN3O2/c1-31-24-11-9-20(10-12-24)15-28-25(30)18-29(17-22-3-2-4-23(26)13-22)16-21-7-5-19(14-27)6-8-21/h2-13H,15-18H2,1H3,(H,28,30). The van der Waals surface area contributed by atoms with Crippen molar-refractivity contribution in [3.8, 4) is 11.8 Å². The summed E-state index contributed by atoms with van der Waals surface area (Å²) in [5, 5.41) is 11.9. The molecule has 31 heavy (non-hydrogen) atoms. The molecule has 0 unspecified atom stereocenters. The van der Waals surface area contributed by atoms with Gasteiger partial charge >= 0.3 is 0 Å². The van der Waals surface area contributed by atoms with Gasteiger partial charge in [0.25, 0.3) is 0 Å². The van der Waals surface area contributed by atoms with Gasteiger partial charge < -0.3 is 10.1 Å².